The number of aryl methyl sites for hydroxylation is 1. The molecule has 0 saturated heterocycles. The fourth-order valence-electron chi connectivity index (χ4n) is 2.66. The maximum Gasteiger partial charge on any atom is 0.374 e. The second kappa shape index (κ2) is 7.31. The Balaban J connectivity index is 1.98. The molecule has 0 aliphatic rings. The number of carbonyl (C=O) groups is 1. The molecule has 1 heterocycles. The minimum atomic E-state index is -4.02. The molecular formula is C18H16N2O7S. The van der Waals surface area contributed by atoms with E-state index in [1.165, 1.54) is 36.4 Å². The first-order valence-corrected chi connectivity index (χ1v) is 9.69. The van der Waals surface area contributed by atoms with Crippen molar-refractivity contribution in [3.63, 3.8) is 0 Å². The van der Waals surface area contributed by atoms with Crippen LogP contribution in [0.25, 0.3) is 11.0 Å². The highest BCUT2D eigenvalue weighted by Crippen LogP contribution is 2.29. The van der Waals surface area contributed by atoms with Crippen LogP contribution in [0.4, 0.5) is 11.4 Å². The van der Waals surface area contributed by atoms with Gasteiger partial charge in [0.25, 0.3) is 15.7 Å². The topological polar surface area (TPSA) is 129 Å². The van der Waals surface area contributed by atoms with Gasteiger partial charge in [-0.1, -0.05) is 6.07 Å². The lowest BCUT2D eigenvalue weighted by atomic mass is 10.1. The van der Waals surface area contributed by atoms with Gasteiger partial charge in [-0.15, -0.1) is 0 Å². The van der Waals surface area contributed by atoms with Crippen LogP contribution in [0.2, 0.25) is 0 Å². The fourth-order valence-corrected chi connectivity index (χ4v) is 3.73. The number of fused-ring (bicyclic) bond motifs is 1. The zero-order chi connectivity index (χ0) is 20.5. The number of non-ortho nitro benzene ring substituents is 1. The number of furan rings is 1. The molecule has 1 N–H and O–H groups in total. The average Bonchev–Trinajstić information content (AvgIpc) is 2.98. The van der Waals surface area contributed by atoms with Gasteiger partial charge in [-0.2, -0.15) is 0 Å². The molecular weight excluding hydrogens is 388 g/mol. The van der Waals surface area contributed by atoms with Crippen LogP contribution in [-0.2, 0) is 14.8 Å². The highest BCUT2D eigenvalue weighted by Gasteiger charge is 2.22. The van der Waals surface area contributed by atoms with Crippen molar-refractivity contribution >= 4 is 38.3 Å². The van der Waals surface area contributed by atoms with Gasteiger partial charge in [-0.3, -0.25) is 14.8 Å². The number of anilines is 1. The molecule has 0 spiro atoms. The van der Waals surface area contributed by atoms with Gasteiger partial charge in [0.05, 0.1) is 22.1 Å². The van der Waals surface area contributed by atoms with Crippen LogP contribution in [-0.4, -0.2) is 25.9 Å². The van der Waals surface area contributed by atoms with Crippen LogP contribution in [0.5, 0.6) is 0 Å². The Hall–Kier alpha value is -3.40. The van der Waals surface area contributed by atoms with Crippen molar-refractivity contribution in [2.45, 2.75) is 18.7 Å². The number of rotatable bonds is 6. The van der Waals surface area contributed by atoms with Crippen LogP contribution >= 0.6 is 0 Å². The maximum absolute atomic E-state index is 12.7. The smallest absolute Gasteiger partial charge is 0.374 e. The van der Waals surface area contributed by atoms with E-state index in [1.54, 1.807) is 13.8 Å². The standard InChI is InChI=1S/C18H16N2O7S/c1-3-26-18(21)17-11(2)15-10-14(7-8-16(15)27-17)28(24,25)19-12-5-4-6-13(9-12)20(22)23/h4-10,19H,3H2,1-2H3. The first-order valence-electron chi connectivity index (χ1n) is 8.20. The summed E-state index contributed by atoms with van der Waals surface area (Å²) in [5, 5.41) is 11.3. The van der Waals surface area contributed by atoms with Gasteiger partial charge in [0.15, 0.2) is 0 Å². The van der Waals surface area contributed by atoms with E-state index in [-0.39, 0.29) is 28.6 Å². The summed E-state index contributed by atoms with van der Waals surface area (Å²) in [5.74, 6) is -0.617. The number of sulfonamides is 1. The van der Waals surface area contributed by atoms with Gasteiger partial charge < -0.3 is 9.15 Å². The second-order valence-electron chi connectivity index (χ2n) is 5.85. The lowest BCUT2D eigenvalue weighted by Crippen LogP contribution is -2.13. The number of nitro benzene ring substituents is 1. The number of nitro groups is 1. The Morgan fingerprint density at radius 2 is 2.00 bits per heavy atom. The molecule has 0 aliphatic heterocycles. The molecule has 0 saturated carbocycles. The monoisotopic (exact) mass is 404 g/mol. The summed E-state index contributed by atoms with van der Waals surface area (Å²) in [6.07, 6.45) is 0. The normalized spacial score (nSPS) is 11.4. The van der Waals surface area contributed by atoms with E-state index in [4.69, 9.17) is 9.15 Å². The molecule has 10 heteroatoms. The number of nitrogens with one attached hydrogen (secondary N) is 1. The Labute approximate surface area is 160 Å². The van der Waals surface area contributed by atoms with Gasteiger partial charge in [0.2, 0.25) is 5.76 Å². The lowest BCUT2D eigenvalue weighted by Gasteiger charge is -2.08. The summed E-state index contributed by atoms with van der Waals surface area (Å²) in [4.78, 5) is 22.1. The van der Waals surface area contributed by atoms with Crippen molar-refractivity contribution in [2.75, 3.05) is 11.3 Å². The van der Waals surface area contributed by atoms with Gasteiger partial charge >= 0.3 is 5.97 Å². The van der Waals surface area contributed by atoms with E-state index in [9.17, 15) is 23.3 Å². The number of benzene rings is 2. The van der Waals surface area contributed by atoms with Gasteiger partial charge in [-0.25, -0.2) is 13.2 Å². The van der Waals surface area contributed by atoms with Gasteiger partial charge in [-0.05, 0) is 38.1 Å². The molecule has 9 nitrogen and oxygen atoms in total. The van der Waals surface area contributed by atoms with Gasteiger partial charge in [0.1, 0.15) is 5.58 Å². The van der Waals surface area contributed by atoms with Crippen molar-refractivity contribution in [1.29, 1.82) is 0 Å². The Morgan fingerprint density at radius 3 is 2.68 bits per heavy atom. The van der Waals surface area contributed by atoms with Crippen molar-refractivity contribution in [3.05, 3.63) is 63.9 Å². The minimum absolute atomic E-state index is 0.0121. The average molecular weight is 404 g/mol. The molecule has 0 radical (unpaired) electrons. The molecule has 0 aliphatic carbocycles. The zero-order valence-electron chi connectivity index (χ0n) is 15.0. The third-order valence-electron chi connectivity index (χ3n) is 3.99. The highest BCUT2D eigenvalue weighted by atomic mass is 32.2. The summed E-state index contributed by atoms with van der Waals surface area (Å²) in [6, 6.07) is 9.30. The number of hydrogen-bond donors (Lipinski definition) is 1. The molecule has 0 atom stereocenters. The fraction of sp³-hybridized carbons (Fsp3) is 0.167. The minimum Gasteiger partial charge on any atom is -0.460 e. The summed E-state index contributed by atoms with van der Waals surface area (Å²) < 4.78 is 38.1. The van der Waals surface area contributed by atoms with Crippen LogP contribution < -0.4 is 4.72 Å². The van der Waals surface area contributed by atoms with Crippen molar-refractivity contribution in [2.24, 2.45) is 0 Å². The predicted octanol–water partition coefficient (Wildman–Crippen LogP) is 3.63. The number of carbonyl (C=O) groups excluding carboxylic acids is 1. The SMILES string of the molecule is CCOC(=O)c1oc2ccc(S(=O)(=O)Nc3cccc([N+](=O)[O-])c3)cc2c1C. The van der Waals surface area contributed by atoms with Crippen LogP contribution in [0.1, 0.15) is 23.0 Å². The predicted molar refractivity (Wildman–Crippen MR) is 101 cm³/mol. The Morgan fingerprint density at radius 1 is 1.25 bits per heavy atom. The summed E-state index contributed by atoms with van der Waals surface area (Å²) >= 11 is 0. The molecule has 0 fully saturated rings. The van der Waals surface area contributed by atoms with E-state index in [2.05, 4.69) is 4.72 Å². The highest BCUT2D eigenvalue weighted by molar-refractivity contribution is 7.92. The lowest BCUT2D eigenvalue weighted by molar-refractivity contribution is -0.384. The molecule has 2 aromatic carbocycles. The first-order chi connectivity index (χ1) is 13.2. The molecule has 0 unspecified atom stereocenters. The third kappa shape index (κ3) is 3.67. The summed E-state index contributed by atoms with van der Waals surface area (Å²) in [7, 11) is -4.02. The van der Waals surface area contributed by atoms with Gasteiger partial charge in [0, 0.05) is 23.1 Å². The molecule has 3 rings (SSSR count). The molecule has 0 bridgehead atoms. The molecule has 0 amide bonds. The van der Waals surface area contributed by atoms with Crippen LogP contribution in [0, 0.1) is 17.0 Å². The van der Waals surface area contributed by atoms with Crippen molar-refractivity contribution < 1.29 is 27.3 Å². The quantitative estimate of drug-likeness (QED) is 0.377. The van der Waals surface area contributed by atoms with E-state index in [1.807, 2.05) is 0 Å². The molecule has 146 valence electrons. The van der Waals surface area contributed by atoms with E-state index in [0.717, 1.165) is 6.07 Å². The van der Waals surface area contributed by atoms with Crippen LogP contribution in [0.3, 0.4) is 0 Å². The number of ether oxygens (including phenoxy) is 1. The van der Waals surface area contributed by atoms with Crippen molar-refractivity contribution in [3.8, 4) is 0 Å². The number of hydrogen-bond acceptors (Lipinski definition) is 7. The number of esters is 1. The molecule has 1 aromatic heterocycles. The third-order valence-corrected chi connectivity index (χ3v) is 5.37. The van der Waals surface area contributed by atoms with E-state index in [0.29, 0.717) is 16.5 Å². The second-order valence-corrected chi connectivity index (χ2v) is 7.53. The van der Waals surface area contributed by atoms with Crippen molar-refractivity contribution in [1.82, 2.24) is 0 Å². The van der Waals surface area contributed by atoms with E-state index >= 15 is 0 Å². The number of nitrogens with zero attached hydrogens (tertiary/aromatic N) is 1. The molecule has 28 heavy (non-hydrogen) atoms. The van der Waals surface area contributed by atoms with E-state index < -0.39 is 20.9 Å². The largest absolute Gasteiger partial charge is 0.460 e. The van der Waals surface area contributed by atoms with Crippen LogP contribution in [0.15, 0.2) is 51.8 Å². The summed E-state index contributed by atoms with van der Waals surface area (Å²) in [5.41, 5.74) is 0.626. The summed E-state index contributed by atoms with van der Waals surface area (Å²) in [6.45, 7) is 3.48. The molecule has 3 aromatic rings. The zero-order valence-corrected chi connectivity index (χ0v) is 15.8. The first kappa shape index (κ1) is 19.4. The Bertz CT molecular complexity index is 1180. The Kier molecular flexibility index (Phi) is 5.06. The maximum atomic E-state index is 12.7.